The average Bonchev–Trinajstić information content (AvgIpc) is 3.03. The van der Waals surface area contributed by atoms with Crippen LogP contribution in [0, 0.1) is 11.6 Å². The van der Waals surface area contributed by atoms with Gasteiger partial charge in [0.1, 0.15) is 0 Å². The Bertz CT molecular complexity index is 657. The fourth-order valence-electron chi connectivity index (χ4n) is 2.45. The number of halogens is 4. The van der Waals surface area contributed by atoms with Crippen molar-refractivity contribution in [1.29, 1.82) is 0 Å². The highest BCUT2D eigenvalue weighted by atomic mass is 35.5. The van der Waals surface area contributed by atoms with Gasteiger partial charge in [-0.25, -0.2) is 8.78 Å². The number of nitrogens with two attached hydrogens (primary N) is 1. The predicted octanol–water partition coefficient (Wildman–Crippen LogP) is 3.82. The molecule has 3 rings (SSSR count). The molecular weight excluding hydrogens is 323 g/mol. The summed E-state index contributed by atoms with van der Waals surface area (Å²) in [6, 6.07) is 1.82. The number of hydrogen-bond acceptors (Lipinski definition) is 4. The van der Waals surface area contributed by atoms with E-state index in [1.54, 1.807) is 0 Å². The largest absolute Gasteiger partial charge is 0.334 e. The Hall–Kier alpha value is -1.24. The Labute approximate surface area is 131 Å². The van der Waals surface area contributed by atoms with Gasteiger partial charge in [-0.15, -0.1) is 12.4 Å². The van der Waals surface area contributed by atoms with Crippen LogP contribution in [-0.2, 0) is 5.54 Å². The van der Waals surface area contributed by atoms with Crippen LogP contribution in [0.5, 0.6) is 0 Å². The van der Waals surface area contributed by atoms with Gasteiger partial charge in [-0.05, 0) is 25.0 Å². The molecule has 1 fully saturated rings. The van der Waals surface area contributed by atoms with Crippen molar-refractivity contribution < 1.29 is 13.3 Å². The zero-order valence-corrected chi connectivity index (χ0v) is 12.5. The minimum atomic E-state index is -1.02. The molecule has 1 aromatic carbocycles. The topological polar surface area (TPSA) is 64.9 Å². The summed E-state index contributed by atoms with van der Waals surface area (Å²) in [6.07, 6.45) is 3.56. The molecule has 0 unspecified atom stereocenters. The molecule has 114 valence electrons. The number of benzene rings is 1. The smallest absolute Gasteiger partial charge is 0.259 e. The number of hydrogen-bond donors (Lipinski definition) is 1. The summed E-state index contributed by atoms with van der Waals surface area (Å²) in [5.41, 5.74) is 5.77. The van der Waals surface area contributed by atoms with Crippen LogP contribution >= 0.6 is 24.0 Å². The van der Waals surface area contributed by atoms with Crippen molar-refractivity contribution in [2.75, 3.05) is 0 Å². The van der Waals surface area contributed by atoms with Crippen molar-refractivity contribution in [3.8, 4) is 11.5 Å². The van der Waals surface area contributed by atoms with Gasteiger partial charge < -0.3 is 10.3 Å². The molecule has 1 saturated carbocycles. The van der Waals surface area contributed by atoms with Gasteiger partial charge in [0.2, 0.25) is 0 Å². The first-order valence-electron chi connectivity index (χ1n) is 6.27. The molecule has 0 saturated heterocycles. The molecule has 2 aromatic rings. The van der Waals surface area contributed by atoms with Crippen molar-refractivity contribution in [2.45, 2.75) is 31.2 Å². The molecule has 1 aliphatic carbocycles. The summed E-state index contributed by atoms with van der Waals surface area (Å²) >= 11 is 5.87. The van der Waals surface area contributed by atoms with E-state index >= 15 is 0 Å². The van der Waals surface area contributed by atoms with Crippen LogP contribution in [-0.4, -0.2) is 10.1 Å². The SMILES string of the molecule is Cl.NC1(c2noc(-c3cc(F)c(F)cc3Cl)n2)CCCC1. The van der Waals surface area contributed by atoms with Crippen molar-refractivity contribution in [2.24, 2.45) is 5.73 Å². The van der Waals surface area contributed by atoms with Gasteiger partial charge in [-0.1, -0.05) is 29.6 Å². The summed E-state index contributed by atoms with van der Waals surface area (Å²) in [6.45, 7) is 0. The Morgan fingerprint density at radius 2 is 1.81 bits per heavy atom. The van der Waals surface area contributed by atoms with Gasteiger partial charge in [0.05, 0.1) is 16.1 Å². The Morgan fingerprint density at radius 1 is 1.19 bits per heavy atom. The number of rotatable bonds is 2. The van der Waals surface area contributed by atoms with Crippen LogP contribution in [0.4, 0.5) is 8.78 Å². The maximum atomic E-state index is 13.3. The van der Waals surface area contributed by atoms with Gasteiger partial charge >= 0.3 is 0 Å². The van der Waals surface area contributed by atoms with E-state index in [2.05, 4.69) is 10.1 Å². The van der Waals surface area contributed by atoms with Crippen LogP contribution in [0.2, 0.25) is 5.02 Å². The van der Waals surface area contributed by atoms with E-state index in [1.807, 2.05) is 0 Å². The summed E-state index contributed by atoms with van der Waals surface area (Å²) in [5.74, 6) is -1.62. The number of aromatic nitrogens is 2. The van der Waals surface area contributed by atoms with Crippen LogP contribution in [0.15, 0.2) is 16.7 Å². The van der Waals surface area contributed by atoms with E-state index in [4.69, 9.17) is 21.9 Å². The molecule has 1 aliphatic rings. The zero-order valence-electron chi connectivity index (χ0n) is 10.9. The van der Waals surface area contributed by atoms with Gasteiger partial charge in [0.25, 0.3) is 5.89 Å². The van der Waals surface area contributed by atoms with Crippen molar-refractivity contribution in [3.05, 3.63) is 34.6 Å². The second-order valence-corrected chi connectivity index (χ2v) is 5.44. The molecule has 0 radical (unpaired) electrons. The molecule has 0 bridgehead atoms. The normalized spacial score (nSPS) is 16.8. The molecule has 4 nitrogen and oxygen atoms in total. The lowest BCUT2D eigenvalue weighted by atomic mass is 9.99. The van der Waals surface area contributed by atoms with E-state index in [0.717, 1.165) is 37.8 Å². The summed E-state index contributed by atoms with van der Waals surface area (Å²) < 4.78 is 31.4. The highest BCUT2D eigenvalue weighted by Gasteiger charge is 2.36. The van der Waals surface area contributed by atoms with Gasteiger partial charge in [-0.2, -0.15) is 4.98 Å². The van der Waals surface area contributed by atoms with Crippen molar-refractivity contribution in [3.63, 3.8) is 0 Å². The zero-order chi connectivity index (χ0) is 14.3. The molecule has 0 atom stereocenters. The maximum Gasteiger partial charge on any atom is 0.259 e. The van der Waals surface area contributed by atoms with Gasteiger partial charge in [-0.3, -0.25) is 0 Å². The van der Waals surface area contributed by atoms with Gasteiger partial charge in [0, 0.05) is 0 Å². The highest BCUT2D eigenvalue weighted by Crippen LogP contribution is 2.36. The summed E-state index contributed by atoms with van der Waals surface area (Å²) in [7, 11) is 0. The van der Waals surface area contributed by atoms with Gasteiger partial charge in [0.15, 0.2) is 17.5 Å². The minimum Gasteiger partial charge on any atom is -0.334 e. The third-order valence-electron chi connectivity index (χ3n) is 3.61. The standard InChI is InChI=1S/C13H12ClF2N3O.ClH/c14-8-6-10(16)9(15)5-7(8)11-18-12(19-20-11)13(17)3-1-2-4-13;/h5-6H,1-4,17H2;1H. The number of nitrogens with zero attached hydrogens (tertiary/aromatic N) is 2. The first-order valence-corrected chi connectivity index (χ1v) is 6.65. The van der Waals surface area contributed by atoms with Crippen LogP contribution in [0.1, 0.15) is 31.5 Å². The Kier molecular flexibility index (Phi) is 4.51. The van der Waals surface area contributed by atoms with Crippen molar-refractivity contribution >= 4 is 24.0 Å². The van der Waals surface area contributed by atoms with E-state index in [9.17, 15) is 8.78 Å². The molecular formula is C13H13Cl2F2N3O. The van der Waals surface area contributed by atoms with Crippen molar-refractivity contribution in [1.82, 2.24) is 10.1 Å². The fraction of sp³-hybridized carbons (Fsp3) is 0.385. The van der Waals surface area contributed by atoms with E-state index in [0.29, 0.717) is 5.82 Å². The van der Waals surface area contributed by atoms with E-state index < -0.39 is 17.2 Å². The minimum absolute atomic E-state index is 0. The monoisotopic (exact) mass is 335 g/mol. The van der Waals surface area contributed by atoms with E-state index in [1.165, 1.54) is 0 Å². The summed E-state index contributed by atoms with van der Waals surface area (Å²) in [5, 5.41) is 3.86. The fourth-order valence-corrected chi connectivity index (χ4v) is 2.68. The Balaban J connectivity index is 0.00000161. The average molecular weight is 336 g/mol. The highest BCUT2D eigenvalue weighted by molar-refractivity contribution is 6.33. The van der Waals surface area contributed by atoms with Crippen LogP contribution in [0.3, 0.4) is 0 Å². The molecule has 1 aromatic heterocycles. The molecule has 8 heteroatoms. The lowest BCUT2D eigenvalue weighted by Crippen LogP contribution is -2.34. The van der Waals surface area contributed by atoms with Crippen LogP contribution in [0.25, 0.3) is 11.5 Å². The lowest BCUT2D eigenvalue weighted by Gasteiger charge is -2.17. The van der Waals surface area contributed by atoms with Crippen LogP contribution < -0.4 is 5.73 Å². The first kappa shape index (κ1) is 16.1. The maximum absolute atomic E-state index is 13.3. The molecule has 0 amide bonds. The predicted molar refractivity (Wildman–Crippen MR) is 76.2 cm³/mol. The third-order valence-corrected chi connectivity index (χ3v) is 3.92. The van der Waals surface area contributed by atoms with E-state index in [-0.39, 0.29) is 28.9 Å². The summed E-state index contributed by atoms with van der Waals surface area (Å²) in [4.78, 5) is 4.19. The third kappa shape index (κ3) is 2.88. The molecule has 0 aliphatic heterocycles. The molecule has 0 spiro atoms. The second-order valence-electron chi connectivity index (χ2n) is 5.03. The lowest BCUT2D eigenvalue weighted by molar-refractivity contribution is 0.372. The first-order chi connectivity index (χ1) is 9.49. The Morgan fingerprint density at radius 3 is 2.48 bits per heavy atom. The quantitative estimate of drug-likeness (QED) is 0.847. The molecule has 2 N–H and O–H groups in total. The molecule has 1 heterocycles. The molecule has 21 heavy (non-hydrogen) atoms. The second kappa shape index (κ2) is 5.87.